The average molecular weight is 607 g/mol. The first-order valence-electron chi connectivity index (χ1n) is 14.3. The molecule has 3 atom stereocenters. The van der Waals surface area contributed by atoms with Crippen LogP contribution in [-0.4, -0.2) is 71.5 Å². The van der Waals surface area contributed by atoms with Gasteiger partial charge in [-0.3, -0.25) is 24.0 Å². The minimum Gasteiger partial charge on any atom is -0.481 e. The van der Waals surface area contributed by atoms with Crippen molar-refractivity contribution in [2.24, 2.45) is 17.6 Å². The summed E-state index contributed by atoms with van der Waals surface area (Å²) in [4.78, 5) is 73.6. The summed E-state index contributed by atoms with van der Waals surface area (Å²) in [6.45, 7) is 10.7. The summed E-state index contributed by atoms with van der Waals surface area (Å²) in [5.41, 5.74) is 6.27. The van der Waals surface area contributed by atoms with Gasteiger partial charge >= 0.3 is 18.0 Å². The molecular weight excluding hydrogens is 560 g/mol. The molecule has 0 saturated heterocycles. The molecule has 0 fully saturated rings. The molecule has 14 heteroatoms. The number of carbonyl (C=O) groups is 6. The minimum atomic E-state index is -1.18. The number of carboxylic acids is 1. The largest absolute Gasteiger partial charge is 0.481 e. The number of esters is 1. The Hall–Kier alpha value is -4.20. The van der Waals surface area contributed by atoms with Crippen molar-refractivity contribution in [3.8, 4) is 0 Å². The molecule has 8 N–H and O–H groups in total. The number of carboxylic acid groups (broad SMARTS) is 1. The van der Waals surface area contributed by atoms with Crippen molar-refractivity contribution in [1.29, 1.82) is 0 Å². The van der Waals surface area contributed by atoms with Crippen molar-refractivity contribution in [2.45, 2.75) is 91.6 Å². The number of amides is 5. The summed E-state index contributed by atoms with van der Waals surface area (Å²) in [6.07, 6.45) is -0.0388. The summed E-state index contributed by atoms with van der Waals surface area (Å²) in [5.74, 6) is -3.98. The Morgan fingerprint density at radius 1 is 0.860 bits per heavy atom. The van der Waals surface area contributed by atoms with Crippen LogP contribution in [0.1, 0.15) is 66.4 Å². The number of benzene rings is 1. The number of urea groups is 1. The highest BCUT2D eigenvalue weighted by Gasteiger charge is 2.31. The van der Waals surface area contributed by atoms with E-state index in [0.29, 0.717) is 12.1 Å². The fourth-order valence-electron chi connectivity index (χ4n) is 3.88. The number of carbonyl (C=O) groups excluding carboxylic acids is 5. The predicted octanol–water partition coefficient (Wildman–Crippen LogP) is 1.24. The van der Waals surface area contributed by atoms with E-state index in [1.54, 1.807) is 65.8 Å². The Kier molecular flexibility index (Phi) is 15.7. The van der Waals surface area contributed by atoms with Gasteiger partial charge in [-0.15, -0.1) is 0 Å². The summed E-state index contributed by atoms with van der Waals surface area (Å²) in [6, 6.07) is 2.55. The van der Waals surface area contributed by atoms with Crippen molar-refractivity contribution in [3.63, 3.8) is 0 Å². The molecule has 0 bridgehead atoms. The zero-order valence-electron chi connectivity index (χ0n) is 25.7. The number of nitrogens with two attached hydrogens (primary N) is 1. The maximum atomic E-state index is 13.3. The number of aliphatic carboxylic acids is 1. The number of anilines is 1. The van der Waals surface area contributed by atoms with Crippen LogP contribution in [0.5, 0.6) is 0 Å². The zero-order valence-corrected chi connectivity index (χ0v) is 25.7. The summed E-state index contributed by atoms with van der Waals surface area (Å²) >= 11 is 0. The van der Waals surface area contributed by atoms with Gasteiger partial charge in [-0.25, -0.2) is 4.79 Å². The third-order valence-corrected chi connectivity index (χ3v) is 6.15. The van der Waals surface area contributed by atoms with E-state index < -0.39 is 60.2 Å². The van der Waals surface area contributed by atoms with Gasteiger partial charge in [-0.2, -0.15) is 0 Å². The lowest BCUT2D eigenvalue weighted by Gasteiger charge is -2.27. The van der Waals surface area contributed by atoms with E-state index in [0.717, 1.165) is 5.56 Å². The number of hydrogen-bond donors (Lipinski definition) is 7. The molecule has 240 valence electrons. The monoisotopic (exact) mass is 606 g/mol. The maximum absolute atomic E-state index is 13.3. The predicted molar refractivity (Wildman–Crippen MR) is 160 cm³/mol. The lowest BCUT2D eigenvalue weighted by molar-refractivity contribution is -0.148. The molecule has 43 heavy (non-hydrogen) atoms. The topological polar surface area (TPSA) is 218 Å². The maximum Gasteiger partial charge on any atom is 0.312 e. The van der Waals surface area contributed by atoms with E-state index in [9.17, 15) is 33.9 Å². The van der Waals surface area contributed by atoms with E-state index in [1.807, 2.05) is 0 Å². The van der Waals surface area contributed by atoms with Crippen molar-refractivity contribution in [2.75, 3.05) is 11.9 Å². The molecule has 0 aromatic heterocycles. The highest BCUT2D eigenvalue weighted by Crippen LogP contribution is 2.13. The smallest absolute Gasteiger partial charge is 0.312 e. The molecule has 0 unspecified atom stereocenters. The van der Waals surface area contributed by atoms with Crippen LogP contribution in [0.4, 0.5) is 10.5 Å². The van der Waals surface area contributed by atoms with Crippen molar-refractivity contribution >= 4 is 41.4 Å². The van der Waals surface area contributed by atoms with E-state index in [1.165, 1.54) is 0 Å². The lowest BCUT2D eigenvalue weighted by Crippen LogP contribution is -2.58. The number of primary amides is 1. The number of ether oxygens (including phenoxy) is 1. The van der Waals surface area contributed by atoms with E-state index in [4.69, 9.17) is 10.5 Å². The van der Waals surface area contributed by atoms with Gasteiger partial charge in [0.2, 0.25) is 17.7 Å². The number of nitrogens with one attached hydrogen (secondary N) is 5. The van der Waals surface area contributed by atoms with Gasteiger partial charge in [0.1, 0.15) is 18.7 Å². The van der Waals surface area contributed by atoms with E-state index >= 15 is 0 Å². The Bertz CT molecular complexity index is 1110. The average Bonchev–Trinajstić information content (AvgIpc) is 2.91. The summed E-state index contributed by atoms with van der Waals surface area (Å²) < 4.78 is 5.21. The third-order valence-electron chi connectivity index (χ3n) is 6.15. The van der Waals surface area contributed by atoms with Crippen LogP contribution >= 0.6 is 0 Å². The Morgan fingerprint density at radius 3 is 2.00 bits per heavy atom. The van der Waals surface area contributed by atoms with E-state index in [2.05, 4.69) is 26.6 Å². The van der Waals surface area contributed by atoms with Crippen molar-refractivity contribution < 1.29 is 38.6 Å². The van der Waals surface area contributed by atoms with E-state index in [-0.39, 0.29) is 37.5 Å². The molecule has 1 rings (SSSR count). The SMILES string of the molecule is CC(C)N[C@@H](CC(=O)O)C(=O)N[C@H](C(=O)N[C@@H](CCCNC(N)=O)C(=O)Nc1ccc(COC(=O)C(C)C)cc1)C(C)C. The quantitative estimate of drug-likeness (QED) is 0.0943. The summed E-state index contributed by atoms with van der Waals surface area (Å²) in [7, 11) is 0. The molecule has 1 aromatic rings. The molecule has 0 heterocycles. The zero-order chi connectivity index (χ0) is 32.7. The molecular formula is C29H46N6O8. The lowest BCUT2D eigenvalue weighted by atomic mass is 10.0. The Labute approximate surface area is 252 Å². The first kappa shape index (κ1) is 36.8. The molecule has 0 spiro atoms. The highest BCUT2D eigenvalue weighted by molar-refractivity contribution is 5.99. The molecule has 0 aliphatic rings. The van der Waals surface area contributed by atoms with Crippen LogP contribution in [-0.2, 0) is 35.3 Å². The second kappa shape index (κ2) is 18.4. The molecule has 5 amide bonds. The van der Waals surface area contributed by atoms with Crippen LogP contribution in [0.3, 0.4) is 0 Å². The van der Waals surface area contributed by atoms with Crippen LogP contribution in [0.2, 0.25) is 0 Å². The van der Waals surface area contributed by atoms with Gasteiger partial charge in [-0.1, -0.05) is 53.7 Å². The first-order chi connectivity index (χ1) is 20.1. The van der Waals surface area contributed by atoms with Gasteiger partial charge in [0.05, 0.1) is 18.4 Å². The minimum absolute atomic E-state index is 0.0824. The fourth-order valence-corrected chi connectivity index (χ4v) is 3.88. The first-order valence-corrected chi connectivity index (χ1v) is 14.3. The van der Waals surface area contributed by atoms with Crippen LogP contribution in [0, 0.1) is 11.8 Å². The molecule has 0 aliphatic carbocycles. The standard InChI is InChI=1S/C29H46N6O8/c1-16(2)24(35-26(39)22(14-23(36)37)32-18(5)6)27(40)34-21(8-7-13-31-29(30)42)25(38)33-20-11-9-19(10-12-20)15-43-28(41)17(3)4/h9-12,16-18,21-22,24,32H,7-8,13-15H2,1-6H3,(H,33,38)(H,34,40)(H,35,39)(H,36,37)(H3,30,31,42)/t21-,22-,24-/m0/s1. The van der Waals surface area contributed by atoms with Crippen molar-refractivity contribution in [3.05, 3.63) is 29.8 Å². The van der Waals surface area contributed by atoms with Gasteiger partial charge < -0.3 is 42.2 Å². The van der Waals surface area contributed by atoms with Crippen LogP contribution in [0.25, 0.3) is 0 Å². The van der Waals surface area contributed by atoms with Gasteiger partial charge in [-0.05, 0) is 36.5 Å². The normalized spacial score (nSPS) is 13.1. The molecule has 1 aromatic carbocycles. The second-order valence-electron chi connectivity index (χ2n) is 11.1. The van der Waals surface area contributed by atoms with Crippen molar-refractivity contribution in [1.82, 2.24) is 21.3 Å². The van der Waals surface area contributed by atoms with Gasteiger partial charge in [0.15, 0.2) is 0 Å². The second-order valence-corrected chi connectivity index (χ2v) is 11.1. The summed E-state index contributed by atoms with van der Waals surface area (Å²) in [5, 5.41) is 22.6. The molecule has 0 aliphatic heterocycles. The van der Waals surface area contributed by atoms with Crippen LogP contribution in [0.15, 0.2) is 24.3 Å². The van der Waals surface area contributed by atoms with Gasteiger partial charge in [0, 0.05) is 18.3 Å². The van der Waals surface area contributed by atoms with Crippen LogP contribution < -0.4 is 32.3 Å². The molecule has 0 saturated carbocycles. The Balaban J connectivity index is 3.02. The fraction of sp³-hybridized carbons (Fsp3) is 0.586. The number of hydrogen-bond acceptors (Lipinski definition) is 8. The highest BCUT2D eigenvalue weighted by atomic mass is 16.5. The Morgan fingerprint density at radius 2 is 1.49 bits per heavy atom. The number of rotatable bonds is 18. The third kappa shape index (κ3) is 14.5. The molecule has 0 radical (unpaired) electrons. The van der Waals surface area contributed by atoms with Gasteiger partial charge in [0.25, 0.3) is 0 Å². The molecule has 14 nitrogen and oxygen atoms in total.